The van der Waals surface area contributed by atoms with Gasteiger partial charge in [0.25, 0.3) is 0 Å². The van der Waals surface area contributed by atoms with Crippen LogP contribution >= 0.6 is 0 Å². The van der Waals surface area contributed by atoms with Crippen LogP contribution in [0.4, 0.5) is 0 Å². The zero-order valence-electron chi connectivity index (χ0n) is 13.3. The lowest BCUT2D eigenvalue weighted by molar-refractivity contribution is 0.143. The van der Waals surface area contributed by atoms with E-state index in [0.29, 0.717) is 6.04 Å². The predicted molar refractivity (Wildman–Crippen MR) is 83.5 cm³/mol. The van der Waals surface area contributed by atoms with E-state index in [0.717, 1.165) is 17.9 Å². The Bertz CT molecular complexity index is 246. The Hall–Kier alpha value is -0.0800. The minimum Gasteiger partial charge on any atom is -0.311 e. The highest BCUT2D eigenvalue weighted by Gasteiger charge is 2.27. The first-order valence-corrected chi connectivity index (χ1v) is 8.69. The molecule has 2 aliphatic rings. The fourth-order valence-corrected chi connectivity index (χ4v) is 4.16. The van der Waals surface area contributed by atoms with Crippen molar-refractivity contribution in [1.29, 1.82) is 0 Å². The lowest BCUT2D eigenvalue weighted by atomic mass is 9.89. The van der Waals surface area contributed by atoms with E-state index in [2.05, 4.69) is 31.0 Å². The minimum atomic E-state index is 0.690. The highest BCUT2D eigenvalue weighted by molar-refractivity contribution is 4.85. The zero-order chi connectivity index (χ0) is 13.7. The van der Waals surface area contributed by atoms with E-state index < -0.39 is 0 Å². The van der Waals surface area contributed by atoms with Crippen LogP contribution < -0.4 is 5.32 Å². The Balaban J connectivity index is 1.76. The van der Waals surface area contributed by atoms with Gasteiger partial charge in [-0.1, -0.05) is 19.8 Å². The molecule has 0 aromatic rings. The Morgan fingerprint density at radius 2 is 1.63 bits per heavy atom. The molecule has 2 rings (SSSR count). The molecule has 1 aliphatic carbocycles. The predicted octanol–water partition coefficient (Wildman–Crippen LogP) is 3.67. The van der Waals surface area contributed by atoms with Gasteiger partial charge in [-0.2, -0.15) is 0 Å². The lowest BCUT2D eigenvalue weighted by Gasteiger charge is -2.37. The van der Waals surface area contributed by atoms with Crippen LogP contribution in [0.25, 0.3) is 0 Å². The van der Waals surface area contributed by atoms with Gasteiger partial charge in [0.15, 0.2) is 0 Å². The molecule has 0 radical (unpaired) electrons. The summed E-state index contributed by atoms with van der Waals surface area (Å²) in [7, 11) is 0. The van der Waals surface area contributed by atoms with Crippen molar-refractivity contribution in [2.75, 3.05) is 19.6 Å². The molecule has 112 valence electrons. The molecule has 0 amide bonds. The van der Waals surface area contributed by atoms with Crippen molar-refractivity contribution in [2.24, 2.45) is 11.8 Å². The van der Waals surface area contributed by atoms with Gasteiger partial charge in [-0.05, 0) is 70.9 Å². The Morgan fingerprint density at radius 1 is 1.00 bits per heavy atom. The maximum Gasteiger partial charge on any atom is 0.00818 e. The average molecular weight is 266 g/mol. The maximum absolute atomic E-state index is 3.93. The van der Waals surface area contributed by atoms with Crippen LogP contribution in [0.1, 0.15) is 65.7 Å². The minimum absolute atomic E-state index is 0.690. The molecular weight excluding hydrogens is 232 g/mol. The fraction of sp³-hybridized carbons (Fsp3) is 1.00. The van der Waals surface area contributed by atoms with Gasteiger partial charge in [0.05, 0.1) is 0 Å². The third-order valence-electron chi connectivity index (χ3n) is 5.42. The molecule has 2 nitrogen and oxygen atoms in total. The number of piperidine rings is 1. The third-order valence-corrected chi connectivity index (χ3v) is 5.42. The third kappa shape index (κ3) is 4.46. The molecule has 1 aliphatic heterocycles. The standard InChI is InChI=1S/C17H34N2/c1-4-11-19-12-7-10-17(13-19)15(3)18-14(2)16-8-5-6-9-16/h14-18H,4-13H2,1-3H3/t14-,15?,17?/m1/s1. The summed E-state index contributed by atoms with van der Waals surface area (Å²) in [6.07, 6.45) is 9.94. The van der Waals surface area contributed by atoms with Gasteiger partial charge in [0, 0.05) is 18.6 Å². The van der Waals surface area contributed by atoms with Crippen LogP contribution in [-0.4, -0.2) is 36.6 Å². The summed E-state index contributed by atoms with van der Waals surface area (Å²) >= 11 is 0. The number of nitrogens with zero attached hydrogens (tertiary/aromatic N) is 1. The molecule has 1 heterocycles. The number of hydrogen-bond donors (Lipinski definition) is 1. The van der Waals surface area contributed by atoms with Gasteiger partial charge >= 0.3 is 0 Å². The second kappa shape index (κ2) is 7.64. The molecule has 3 atom stereocenters. The second-order valence-electron chi connectivity index (χ2n) is 6.99. The van der Waals surface area contributed by atoms with Crippen LogP contribution in [0, 0.1) is 11.8 Å². The number of nitrogens with one attached hydrogen (secondary N) is 1. The fourth-order valence-electron chi connectivity index (χ4n) is 4.16. The van der Waals surface area contributed by atoms with Gasteiger partial charge in [-0.15, -0.1) is 0 Å². The molecule has 0 bridgehead atoms. The van der Waals surface area contributed by atoms with Gasteiger partial charge in [0.2, 0.25) is 0 Å². The molecule has 2 fully saturated rings. The average Bonchev–Trinajstić information content (AvgIpc) is 2.93. The smallest absolute Gasteiger partial charge is 0.00818 e. The first-order chi connectivity index (χ1) is 9.20. The van der Waals surface area contributed by atoms with E-state index in [9.17, 15) is 0 Å². The van der Waals surface area contributed by atoms with E-state index in [1.807, 2.05) is 0 Å². The van der Waals surface area contributed by atoms with Gasteiger partial charge in [0.1, 0.15) is 0 Å². The number of hydrogen-bond acceptors (Lipinski definition) is 2. The molecule has 1 saturated carbocycles. The van der Waals surface area contributed by atoms with Crippen molar-refractivity contribution in [1.82, 2.24) is 10.2 Å². The highest BCUT2D eigenvalue weighted by atomic mass is 15.1. The van der Waals surface area contributed by atoms with Crippen molar-refractivity contribution >= 4 is 0 Å². The Labute approximate surface area is 120 Å². The Kier molecular flexibility index (Phi) is 6.15. The second-order valence-corrected chi connectivity index (χ2v) is 6.99. The molecule has 1 saturated heterocycles. The SMILES string of the molecule is CCCN1CCCC(C(C)N[C@H](C)C2CCCC2)C1. The van der Waals surface area contributed by atoms with Crippen molar-refractivity contribution in [2.45, 2.75) is 77.8 Å². The van der Waals surface area contributed by atoms with E-state index in [4.69, 9.17) is 0 Å². The molecule has 19 heavy (non-hydrogen) atoms. The molecule has 2 heteroatoms. The van der Waals surface area contributed by atoms with E-state index >= 15 is 0 Å². The highest BCUT2D eigenvalue weighted by Crippen LogP contribution is 2.28. The number of likely N-dealkylation sites (tertiary alicyclic amines) is 1. The van der Waals surface area contributed by atoms with E-state index in [1.54, 1.807) is 0 Å². The van der Waals surface area contributed by atoms with E-state index in [-0.39, 0.29) is 0 Å². The lowest BCUT2D eigenvalue weighted by Crippen LogP contribution is -2.48. The molecule has 0 aromatic carbocycles. The maximum atomic E-state index is 3.93. The summed E-state index contributed by atoms with van der Waals surface area (Å²) < 4.78 is 0. The molecule has 0 aromatic heterocycles. The quantitative estimate of drug-likeness (QED) is 0.789. The molecular formula is C17H34N2. The van der Waals surface area contributed by atoms with Crippen molar-refractivity contribution in [3.63, 3.8) is 0 Å². The normalized spacial score (nSPS) is 29.5. The Morgan fingerprint density at radius 3 is 2.32 bits per heavy atom. The van der Waals surface area contributed by atoms with Crippen molar-refractivity contribution in [3.8, 4) is 0 Å². The van der Waals surface area contributed by atoms with Crippen LogP contribution in [0.3, 0.4) is 0 Å². The van der Waals surface area contributed by atoms with Gasteiger partial charge in [-0.3, -0.25) is 0 Å². The van der Waals surface area contributed by atoms with E-state index in [1.165, 1.54) is 64.6 Å². The first kappa shape index (κ1) is 15.3. The van der Waals surface area contributed by atoms with Crippen LogP contribution in [0.5, 0.6) is 0 Å². The van der Waals surface area contributed by atoms with Crippen molar-refractivity contribution < 1.29 is 0 Å². The summed E-state index contributed by atoms with van der Waals surface area (Å²) in [5.41, 5.74) is 0. The summed E-state index contributed by atoms with van der Waals surface area (Å²) in [6, 6.07) is 1.41. The summed E-state index contributed by atoms with van der Waals surface area (Å²) in [5, 5.41) is 3.93. The topological polar surface area (TPSA) is 15.3 Å². The van der Waals surface area contributed by atoms with Crippen molar-refractivity contribution in [3.05, 3.63) is 0 Å². The van der Waals surface area contributed by atoms with Crippen LogP contribution in [0.2, 0.25) is 0 Å². The van der Waals surface area contributed by atoms with Crippen LogP contribution in [0.15, 0.2) is 0 Å². The molecule has 1 N–H and O–H groups in total. The van der Waals surface area contributed by atoms with Gasteiger partial charge in [-0.25, -0.2) is 0 Å². The number of rotatable bonds is 6. The first-order valence-electron chi connectivity index (χ1n) is 8.69. The van der Waals surface area contributed by atoms with Gasteiger partial charge < -0.3 is 10.2 Å². The monoisotopic (exact) mass is 266 g/mol. The zero-order valence-corrected chi connectivity index (χ0v) is 13.3. The summed E-state index contributed by atoms with van der Waals surface area (Å²) in [6.45, 7) is 11.1. The summed E-state index contributed by atoms with van der Waals surface area (Å²) in [4.78, 5) is 2.67. The molecule has 0 spiro atoms. The molecule has 2 unspecified atom stereocenters. The summed E-state index contributed by atoms with van der Waals surface area (Å²) in [5.74, 6) is 1.81. The van der Waals surface area contributed by atoms with Crippen LogP contribution in [-0.2, 0) is 0 Å². The largest absolute Gasteiger partial charge is 0.311 e.